The van der Waals surface area contributed by atoms with Gasteiger partial charge in [-0.3, -0.25) is 4.68 Å². The zero-order chi connectivity index (χ0) is 14.0. The topological polar surface area (TPSA) is 38.0 Å². The van der Waals surface area contributed by atoms with Gasteiger partial charge in [0, 0.05) is 17.5 Å². The minimum absolute atomic E-state index is 0.255. The van der Waals surface area contributed by atoms with Gasteiger partial charge in [0.25, 0.3) is 0 Å². The van der Waals surface area contributed by atoms with E-state index in [1.54, 1.807) is 16.0 Å². The highest BCUT2D eigenvalue weighted by Crippen LogP contribution is 2.33. The Bertz CT molecular complexity index is 534. The summed E-state index contributed by atoms with van der Waals surface area (Å²) in [6.07, 6.45) is 0.980. The van der Waals surface area contributed by atoms with Crippen molar-refractivity contribution in [2.75, 3.05) is 0 Å². The van der Waals surface area contributed by atoms with Crippen molar-refractivity contribution < 1.29 is 5.11 Å². The van der Waals surface area contributed by atoms with Crippen molar-refractivity contribution in [2.24, 2.45) is 7.05 Å². The molecule has 0 radical (unpaired) electrons. The summed E-state index contributed by atoms with van der Waals surface area (Å²) in [6.45, 7) is 4.13. The van der Waals surface area contributed by atoms with Crippen molar-refractivity contribution in [2.45, 2.75) is 38.7 Å². The van der Waals surface area contributed by atoms with E-state index in [1.165, 1.54) is 4.88 Å². The van der Waals surface area contributed by atoms with Crippen molar-refractivity contribution in [3.8, 4) is 0 Å². The zero-order valence-corrected chi connectivity index (χ0v) is 13.0. The maximum Gasteiger partial charge on any atom is 0.132 e. The van der Waals surface area contributed by atoms with Crippen LogP contribution >= 0.6 is 22.9 Å². The third-order valence-corrected chi connectivity index (χ3v) is 4.55. The lowest BCUT2D eigenvalue weighted by Gasteiger charge is -2.12. The smallest absolute Gasteiger partial charge is 0.132 e. The molecule has 0 fully saturated rings. The number of aromatic nitrogens is 2. The van der Waals surface area contributed by atoms with Crippen LogP contribution in [0.4, 0.5) is 0 Å². The fourth-order valence-electron chi connectivity index (χ4n) is 2.15. The van der Waals surface area contributed by atoms with Crippen LogP contribution in [-0.2, 0) is 13.5 Å². The van der Waals surface area contributed by atoms with Crippen molar-refractivity contribution in [1.82, 2.24) is 9.78 Å². The van der Waals surface area contributed by atoms with Crippen molar-refractivity contribution >= 4 is 22.9 Å². The van der Waals surface area contributed by atoms with Gasteiger partial charge in [0.2, 0.25) is 0 Å². The van der Waals surface area contributed by atoms with E-state index in [2.05, 4.69) is 30.4 Å². The second-order valence-electron chi connectivity index (χ2n) is 5.00. The average Bonchev–Trinajstić information content (AvgIpc) is 2.96. The molecule has 2 aromatic heterocycles. The molecular weight excluding hydrogens is 280 g/mol. The Labute approximate surface area is 122 Å². The number of aliphatic hydroxyl groups is 1. The Kier molecular flexibility index (Phi) is 4.66. The fourth-order valence-corrected chi connectivity index (χ4v) is 3.14. The molecule has 0 aromatic carbocycles. The quantitative estimate of drug-likeness (QED) is 0.908. The first-order valence-corrected chi connectivity index (χ1v) is 7.69. The van der Waals surface area contributed by atoms with Gasteiger partial charge >= 0.3 is 0 Å². The van der Waals surface area contributed by atoms with Crippen molar-refractivity contribution in [3.63, 3.8) is 0 Å². The van der Waals surface area contributed by atoms with Gasteiger partial charge in [-0.1, -0.05) is 31.5 Å². The molecule has 1 N–H and O–H groups in total. The van der Waals surface area contributed by atoms with Gasteiger partial charge < -0.3 is 5.11 Å². The molecule has 2 rings (SSSR count). The fraction of sp³-hybridized carbons (Fsp3) is 0.500. The molecule has 2 aromatic rings. The monoisotopic (exact) mass is 298 g/mol. The van der Waals surface area contributed by atoms with Gasteiger partial charge in [0.1, 0.15) is 5.15 Å². The number of aliphatic hydroxyl groups excluding tert-OH is 1. The molecule has 1 unspecified atom stereocenters. The van der Waals surface area contributed by atoms with E-state index < -0.39 is 6.10 Å². The Balaban J connectivity index is 2.16. The number of halogens is 1. The molecule has 0 aliphatic rings. The highest BCUT2D eigenvalue weighted by molar-refractivity contribution is 7.09. The van der Waals surface area contributed by atoms with Gasteiger partial charge in [-0.2, -0.15) is 5.10 Å². The van der Waals surface area contributed by atoms with Crippen LogP contribution in [0.3, 0.4) is 0 Å². The standard InChI is InChI=1S/C14H19ClN2OS/c1-9(2)13-12(14(15)17(3)16-13)11(18)7-6-10-5-4-8-19-10/h4-5,8-9,11,18H,6-7H2,1-3H3. The zero-order valence-electron chi connectivity index (χ0n) is 11.4. The Morgan fingerprint density at radius 1 is 1.47 bits per heavy atom. The summed E-state index contributed by atoms with van der Waals surface area (Å²) in [5.41, 5.74) is 1.68. The van der Waals surface area contributed by atoms with Crippen LogP contribution in [-0.4, -0.2) is 14.9 Å². The van der Waals surface area contributed by atoms with Crippen LogP contribution in [0.1, 0.15) is 48.4 Å². The molecule has 0 spiro atoms. The van der Waals surface area contributed by atoms with Gasteiger partial charge in [0.15, 0.2) is 0 Å². The number of hydrogen-bond donors (Lipinski definition) is 1. The van der Waals surface area contributed by atoms with E-state index in [1.807, 2.05) is 13.1 Å². The summed E-state index contributed by atoms with van der Waals surface area (Å²) in [7, 11) is 1.81. The molecule has 19 heavy (non-hydrogen) atoms. The predicted molar refractivity (Wildman–Crippen MR) is 79.9 cm³/mol. The Morgan fingerprint density at radius 2 is 2.21 bits per heavy atom. The first kappa shape index (κ1) is 14.6. The van der Waals surface area contributed by atoms with Crippen LogP contribution in [0, 0.1) is 0 Å². The molecular formula is C14H19ClN2OS. The van der Waals surface area contributed by atoms with Gasteiger partial charge in [-0.05, 0) is 30.2 Å². The first-order valence-electron chi connectivity index (χ1n) is 6.43. The van der Waals surface area contributed by atoms with E-state index >= 15 is 0 Å². The predicted octanol–water partition coefficient (Wildman–Crippen LogP) is 3.92. The molecule has 1 atom stereocenters. The maximum atomic E-state index is 10.4. The molecule has 0 bridgehead atoms. The minimum Gasteiger partial charge on any atom is -0.388 e. The number of nitrogens with zero attached hydrogens (tertiary/aromatic N) is 2. The van der Waals surface area contributed by atoms with Crippen LogP contribution in [0.15, 0.2) is 17.5 Å². The molecule has 0 saturated heterocycles. The van der Waals surface area contributed by atoms with E-state index in [-0.39, 0.29) is 5.92 Å². The van der Waals surface area contributed by atoms with Crippen molar-refractivity contribution in [3.05, 3.63) is 38.8 Å². The first-order chi connectivity index (χ1) is 9.00. The van der Waals surface area contributed by atoms with E-state index in [0.29, 0.717) is 11.6 Å². The lowest BCUT2D eigenvalue weighted by Crippen LogP contribution is -2.03. The third kappa shape index (κ3) is 3.19. The molecule has 0 saturated carbocycles. The maximum absolute atomic E-state index is 10.4. The SMILES string of the molecule is CC(C)c1nn(C)c(Cl)c1C(O)CCc1cccs1. The van der Waals surface area contributed by atoms with Crippen LogP contribution in [0.5, 0.6) is 0 Å². The Hall–Kier alpha value is -0.840. The summed E-state index contributed by atoms with van der Waals surface area (Å²) in [4.78, 5) is 1.28. The third-order valence-electron chi connectivity index (χ3n) is 3.16. The summed E-state index contributed by atoms with van der Waals surface area (Å²) in [5, 5.41) is 17.4. The molecule has 2 heterocycles. The average molecular weight is 299 g/mol. The summed E-state index contributed by atoms with van der Waals surface area (Å²) < 4.78 is 1.64. The molecule has 3 nitrogen and oxygen atoms in total. The van der Waals surface area contributed by atoms with Gasteiger partial charge in [0.05, 0.1) is 11.8 Å². The largest absolute Gasteiger partial charge is 0.388 e. The second-order valence-corrected chi connectivity index (χ2v) is 6.39. The Morgan fingerprint density at radius 3 is 2.79 bits per heavy atom. The van der Waals surface area contributed by atoms with E-state index in [4.69, 9.17) is 11.6 Å². The van der Waals surface area contributed by atoms with Gasteiger partial charge in [-0.25, -0.2) is 0 Å². The normalized spacial score (nSPS) is 13.2. The molecule has 5 heteroatoms. The highest BCUT2D eigenvalue weighted by atomic mass is 35.5. The van der Waals surface area contributed by atoms with Crippen LogP contribution < -0.4 is 0 Å². The summed E-state index contributed by atoms with van der Waals surface area (Å²) in [6, 6.07) is 4.12. The van der Waals surface area contributed by atoms with Crippen LogP contribution in [0.2, 0.25) is 5.15 Å². The highest BCUT2D eigenvalue weighted by Gasteiger charge is 2.23. The summed E-state index contributed by atoms with van der Waals surface area (Å²) >= 11 is 7.97. The van der Waals surface area contributed by atoms with E-state index in [9.17, 15) is 5.11 Å². The number of aryl methyl sites for hydroxylation is 2. The summed E-state index contributed by atoms with van der Waals surface area (Å²) in [5.74, 6) is 0.255. The van der Waals surface area contributed by atoms with E-state index in [0.717, 1.165) is 17.7 Å². The van der Waals surface area contributed by atoms with Crippen LogP contribution in [0.25, 0.3) is 0 Å². The second kappa shape index (κ2) is 6.07. The number of hydrogen-bond acceptors (Lipinski definition) is 3. The van der Waals surface area contributed by atoms with Crippen molar-refractivity contribution in [1.29, 1.82) is 0 Å². The lowest BCUT2D eigenvalue weighted by atomic mass is 9.99. The minimum atomic E-state index is -0.555. The molecule has 0 amide bonds. The molecule has 104 valence electrons. The lowest BCUT2D eigenvalue weighted by molar-refractivity contribution is 0.167. The van der Waals surface area contributed by atoms with Gasteiger partial charge in [-0.15, -0.1) is 11.3 Å². The molecule has 0 aliphatic carbocycles. The number of thiophene rings is 1. The number of rotatable bonds is 5. The molecule has 0 aliphatic heterocycles.